The lowest BCUT2D eigenvalue weighted by Gasteiger charge is -2.26. The molecule has 1 N–H and O–H groups in total. The molecule has 0 aliphatic carbocycles. The topological polar surface area (TPSA) is 74.7 Å². The monoisotopic (exact) mass is 205 g/mol. The second kappa shape index (κ2) is 3.74. The van der Waals surface area contributed by atoms with Crippen LogP contribution in [0.1, 0.15) is 6.42 Å². The van der Waals surface area contributed by atoms with Crippen LogP contribution in [0.5, 0.6) is 0 Å². The van der Waals surface area contributed by atoms with Crippen LogP contribution in [0.15, 0.2) is 0 Å². The van der Waals surface area contributed by atoms with Gasteiger partial charge in [0.05, 0.1) is 6.54 Å². The van der Waals surface area contributed by atoms with E-state index in [9.17, 15) is 14.4 Å². The number of carbonyl (C=O) groups is 3. The van der Waals surface area contributed by atoms with E-state index in [1.165, 1.54) is 0 Å². The zero-order valence-electron chi connectivity index (χ0n) is 6.70. The SMILES string of the molecule is O=C(O)C1CCN(C(=O)Cl)CC1=O. The van der Waals surface area contributed by atoms with E-state index < -0.39 is 23.0 Å². The van der Waals surface area contributed by atoms with Gasteiger partial charge >= 0.3 is 11.3 Å². The summed E-state index contributed by atoms with van der Waals surface area (Å²) < 4.78 is 0. The van der Waals surface area contributed by atoms with Crippen molar-refractivity contribution in [3.05, 3.63) is 0 Å². The first-order valence-corrected chi connectivity index (χ1v) is 4.10. The van der Waals surface area contributed by atoms with Crippen molar-refractivity contribution in [2.75, 3.05) is 13.1 Å². The van der Waals surface area contributed by atoms with Gasteiger partial charge in [0, 0.05) is 6.54 Å². The number of carbonyl (C=O) groups excluding carboxylic acids is 2. The summed E-state index contributed by atoms with van der Waals surface area (Å²) in [5, 5.41) is 7.87. The minimum absolute atomic E-state index is 0.145. The van der Waals surface area contributed by atoms with Crippen LogP contribution in [0.4, 0.5) is 4.79 Å². The predicted molar refractivity (Wildman–Crippen MR) is 43.6 cm³/mol. The first kappa shape index (κ1) is 9.98. The molecule has 0 bridgehead atoms. The Morgan fingerprint density at radius 2 is 2.15 bits per heavy atom. The summed E-state index contributed by atoms with van der Waals surface area (Å²) in [5.41, 5.74) is 0. The van der Waals surface area contributed by atoms with Crippen LogP contribution in [0.3, 0.4) is 0 Å². The van der Waals surface area contributed by atoms with Crippen LogP contribution < -0.4 is 0 Å². The third kappa shape index (κ3) is 2.18. The van der Waals surface area contributed by atoms with Crippen molar-refractivity contribution in [2.45, 2.75) is 6.42 Å². The lowest BCUT2D eigenvalue weighted by Crippen LogP contribution is -2.44. The van der Waals surface area contributed by atoms with Gasteiger partial charge in [0.2, 0.25) is 0 Å². The maximum atomic E-state index is 11.1. The van der Waals surface area contributed by atoms with Gasteiger partial charge in [-0.2, -0.15) is 0 Å². The Bertz CT molecular complexity index is 265. The zero-order valence-corrected chi connectivity index (χ0v) is 7.45. The molecule has 1 atom stereocenters. The molecular weight excluding hydrogens is 198 g/mol. The molecule has 1 aliphatic rings. The molecule has 0 aromatic heterocycles. The van der Waals surface area contributed by atoms with Gasteiger partial charge in [-0.15, -0.1) is 0 Å². The highest BCUT2D eigenvalue weighted by atomic mass is 35.5. The van der Waals surface area contributed by atoms with Crippen molar-refractivity contribution >= 4 is 28.7 Å². The fraction of sp³-hybridized carbons (Fsp3) is 0.571. The zero-order chi connectivity index (χ0) is 10.0. The molecule has 1 fully saturated rings. The van der Waals surface area contributed by atoms with Crippen molar-refractivity contribution in [3.63, 3.8) is 0 Å². The number of hydrogen-bond acceptors (Lipinski definition) is 3. The molecule has 72 valence electrons. The molecule has 1 rings (SSSR count). The van der Waals surface area contributed by atoms with E-state index in [1.807, 2.05) is 0 Å². The van der Waals surface area contributed by atoms with E-state index in [-0.39, 0.29) is 19.5 Å². The van der Waals surface area contributed by atoms with Crippen LogP contribution in [-0.4, -0.2) is 40.2 Å². The number of ketones is 1. The van der Waals surface area contributed by atoms with Crippen molar-refractivity contribution in [1.29, 1.82) is 0 Å². The number of Topliss-reactive ketones (excluding diaryl/α,β-unsaturated/α-hetero) is 1. The average Bonchev–Trinajstić information content (AvgIpc) is 2.03. The van der Waals surface area contributed by atoms with Gasteiger partial charge < -0.3 is 10.0 Å². The van der Waals surface area contributed by atoms with E-state index in [0.29, 0.717) is 0 Å². The van der Waals surface area contributed by atoms with Crippen molar-refractivity contribution < 1.29 is 19.5 Å². The quantitative estimate of drug-likeness (QED) is 0.380. The van der Waals surface area contributed by atoms with Crippen LogP contribution in [0.25, 0.3) is 0 Å². The fourth-order valence-electron chi connectivity index (χ4n) is 1.23. The maximum Gasteiger partial charge on any atom is 0.316 e. The van der Waals surface area contributed by atoms with E-state index >= 15 is 0 Å². The van der Waals surface area contributed by atoms with Crippen LogP contribution in [0.2, 0.25) is 0 Å². The molecule has 0 spiro atoms. The van der Waals surface area contributed by atoms with E-state index in [4.69, 9.17) is 16.7 Å². The Labute approximate surface area is 79.3 Å². The number of hydrogen-bond donors (Lipinski definition) is 1. The molecular formula is C7H8ClNO4. The average molecular weight is 206 g/mol. The number of aliphatic carboxylic acids is 1. The number of halogens is 1. The smallest absolute Gasteiger partial charge is 0.316 e. The van der Waals surface area contributed by atoms with Gasteiger partial charge in [0.15, 0.2) is 5.78 Å². The Hall–Kier alpha value is -1.10. The second-order valence-corrected chi connectivity index (χ2v) is 3.14. The summed E-state index contributed by atoms with van der Waals surface area (Å²) in [4.78, 5) is 33.3. The summed E-state index contributed by atoms with van der Waals surface area (Å²) in [6.45, 7) is 0.0321. The van der Waals surface area contributed by atoms with Gasteiger partial charge in [-0.25, -0.2) is 0 Å². The molecule has 0 aromatic rings. The van der Waals surface area contributed by atoms with E-state index in [1.54, 1.807) is 0 Å². The third-order valence-corrected chi connectivity index (χ3v) is 2.21. The van der Waals surface area contributed by atoms with Crippen molar-refractivity contribution in [1.82, 2.24) is 4.90 Å². The standard InChI is InChI=1S/C7H8ClNO4/c8-7(13)9-2-1-4(6(11)12)5(10)3-9/h4H,1-3H2,(H,11,12). The first-order chi connectivity index (χ1) is 6.02. The minimum atomic E-state index is -1.13. The Kier molecular flexibility index (Phi) is 2.87. The number of carboxylic acids is 1. The summed E-state index contributed by atoms with van der Waals surface area (Å²) in [5.74, 6) is -2.58. The molecule has 6 heteroatoms. The van der Waals surface area contributed by atoms with Crippen LogP contribution in [-0.2, 0) is 9.59 Å². The Balaban J connectivity index is 2.62. The fourth-order valence-corrected chi connectivity index (χ4v) is 1.38. The Morgan fingerprint density at radius 1 is 1.54 bits per heavy atom. The molecule has 1 unspecified atom stereocenters. The molecule has 1 saturated heterocycles. The number of nitrogens with zero attached hydrogens (tertiary/aromatic N) is 1. The van der Waals surface area contributed by atoms with E-state index in [2.05, 4.69) is 0 Å². The van der Waals surface area contributed by atoms with Gasteiger partial charge in [0.1, 0.15) is 5.92 Å². The lowest BCUT2D eigenvalue weighted by atomic mass is 9.96. The van der Waals surface area contributed by atoms with E-state index in [0.717, 1.165) is 4.90 Å². The number of amides is 1. The molecule has 1 heterocycles. The predicted octanol–water partition coefficient (Wildman–Crippen LogP) is 0.321. The van der Waals surface area contributed by atoms with Gasteiger partial charge in [-0.05, 0) is 18.0 Å². The number of piperidine rings is 1. The van der Waals surface area contributed by atoms with Crippen LogP contribution in [0, 0.1) is 5.92 Å². The second-order valence-electron chi connectivity index (χ2n) is 2.82. The lowest BCUT2D eigenvalue weighted by molar-refractivity contribution is -0.148. The highest BCUT2D eigenvalue weighted by Crippen LogP contribution is 2.15. The number of carboxylic acid groups (broad SMARTS) is 1. The van der Waals surface area contributed by atoms with Crippen LogP contribution >= 0.6 is 11.6 Å². The highest BCUT2D eigenvalue weighted by Gasteiger charge is 2.33. The highest BCUT2D eigenvalue weighted by molar-refractivity contribution is 6.62. The molecule has 1 amide bonds. The molecule has 0 aromatic carbocycles. The maximum absolute atomic E-state index is 11.1. The van der Waals surface area contributed by atoms with Gasteiger partial charge in [-0.1, -0.05) is 0 Å². The Morgan fingerprint density at radius 3 is 2.54 bits per heavy atom. The molecule has 5 nitrogen and oxygen atoms in total. The number of rotatable bonds is 1. The van der Waals surface area contributed by atoms with Gasteiger partial charge in [-0.3, -0.25) is 14.4 Å². The third-order valence-electron chi connectivity index (χ3n) is 1.97. The largest absolute Gasteiger partial charge is 0.481 e. The normalized spacial score (nSPS) is 23.0. The molecule has 1 aliphatic heterocycles. The van der Waals surface area contributed by atoms with Crippen molar-refractivity contribution in [2.24, 2.45) is 5.92 Å². The molecule has 13 heavy (non-hydrogen) atoms. The minimum Gasteiger partial charge on any atom is -0.481 e. The molecule has 0 radical (unpaired) electrons. The summed E-state index contributed by atoms with van der Waals surface area (Å²) in [6, 6.07) is 0. The van der Waals surface area contributed by atoms with Gasteiger partial charge in [0.25, 0.3) is 0 Å². The molecule has 0 saturated carbocycles. The summed E-state index contributed by atoms with van der Waals surface area (Å²) in [7, 11) is 0. The summed E-state index contributed by atoms with van der Waals surface area (Å²) in [6.07, 6.45) is 0.145. The summed E-state index contributed by atoms with van der Waals surface area (Å²) >= 11 is 5.14. The number of likely N-dealkylation sites (tertiary alicyclic amines) is 1. The van der Waals surface area contributed by atoms with Crippen molar-refractivity contribution in [3.8, 4) is 0 Å². The first-order valence-electron chi connectivity index (χ1n) is 3.72.